The van der Waals surface area contributed by atoms with E-state index in [0.29, 0.717) is 31.9 Å². The average Bonchev–Trinajstić information content (AvgIpc) is 2.47. The second-order valence-electron chi connectivity index (χ2n) is 5.81. The van der Waals surface area contributed by atoms with Crippen LogP contribution in [0.3, 0.4) is 0 Å². The molecule has 1 aromatic rings. The second-order valence-corrected chi connectivity index (χ2v) is 5.81. The van der Waals surface area contributed by atoms with Crippen molar-refractivity contribution in [2.24, 2.45) is 0 Å². The maximum Gasteiger partial charge on any atom is 0.407 e. The Hall–Kier alpha value is -2.24. The van der Waals surface area contributed by atoms with Crippen molar-refractivity contribution in [3.8, 4) is 0 Å². The summed E-state index contributed by atoms with van der Waals surface area (Å²) in [6.45, 7) is 5.35. The van der Waals surface area contributed by atoms with Crippen LogP contribution in [0.4, 0.5) is 10.5 Å². The maximum absolute atomic E-state index is 12.7. The molecule has 0 radical (unpaired) electrons. The molecular formula is C15H21N3O3. The standard InChI is InChI=1S/C15H21N3O3/c1-15(2,11-3-5-12(16)6-4-11)13(19)17-7-9-18(10-8-17)14(20)21/h3-6H,7-10,16H2,1-2H3,(H,20,21). The van der Waals surface area contributed by atoms with Crippen LogP contribution in [-0.2, 0) is 10.2 Å². The first-order valence-electron chi connectivity index (χ1n) is 6.95. The molecule has 0 unspecified atom stereocenters. The zero-order chi connectivity index (χ0) is 15.6. The predicted molar refractivity (Wildman–Crippen MR) is 80.1 cm³/mol. The molecule has 1 saturated heterocycles. The van der Waals surface area contributed by atoms with Gasteiger partial charge in [0.05, 0.1) is 5.41 Å². The fourth-order valence-electron chi connectivity index (χ4n) is 2.52. The van der Waals surface area contributed by atoms with Crippen molar-refractivity contribution in [1.82, 2.24) is 9.80 Å². The van der Waals surface area contributed by atoms with Crippen LogP contribution in [-0.4, -0.2) is 53.1 Å². The monoisotopic (exact) mass is 291 g/mol. The normalized spacial score (nSPS) is 15.9. The van der Waals surface area contributed by atoms with Crippen LogP contribution in [0.2, 0.25) is 0 Å². The summed E-state index contributed by atoms with van der Waals surface area (Å²) in [5.74, 6) is 0.0114. The molecule has 114 valence electrons. The molecule has 0 aliphatic carbocycles. The lowest BCUT2D eigenvalue weighted by Gasteiger charge is -2.37. The summed E-state index contributed by atoms with van der Waals surface area (Å²) in [6, 6.07) is 7.29. The van der Waals surface area contributed by atoms with Crippen LogP contribution < -0.4 is 5.73 Å². The molecule has 2 rings (SSSR count). The van der Waals surface area contributed by atoms with E-state index in [9.17, 15) is 9.59 Å². The number of piperazine rings is 1. The zero-order valence-electron chi connectivity index (χ0n) is 12.4. The largest absolute Gasteiger partial charge is 0.465 e. The van der Waals surface area contributed by atoms with Crippen molar-refractivity contribution in [2.45, 2.75) is 19.3 Å². The number of hydrogen-bond acceptors (Lipinski definition) is 3. The first-order chi connectivity index (χ1) is 9.82. The van der Waals surface area contributed by atoms with E-state index in [1.807, 2.05) is 26.0 Å². The summed E-state index contributed by atoms with van der Waals surface area (Å²) in [5, 5.41) is 8.94. The molecule has 0 bridgehead atoms. The van der Waals surface area contributed by atoms with Gasteiger partial charge < -0.3 is 20.6 Å². The number of nitrogen functional groups attached to an aromatic ring is 1. The lowest BCUT2D eigenvalue weighted by Crippen LogP contribution is -2.54. The summed E-state index contributed by atoms with van der Waals surface area (Å²) >= 11 is 0. The van der Waals surface area contributed by atoms with Gasteiger partial charge in [0.2, 0.25) is 5.91 Å². The summed E-state index contributed by atoms with van der Waals surface area (Å²) in [5.41, 5.74) is 6.59. The van der Waals surface area contributed by atoms with Gasteiger partial charge in [-0.1, -0.05) is 12.1 Å². The molecule has 0 saturated carbocycles. The molecule has 1 aromatic carbocycles. The van der Waals surface area contributed by atoms with Crippen molar-refractivity contribution >= 4 is 17.7 Å². The van der Waals surface area contributed by atoms with Crippen molar-refractivity contribution in [1.29, 1.82) is 0 Å². The molecule has 0 aromatic heterocycles. The van der Waals surface area contributed by atoms with Gasteiger partial charge in [0.1, 0.15) is 0 Å². The Bertz CT molecular complexity index is 532. The third-order valence-electron chi connectivity index (χ3n) is 4.00. The molecule has 6 heteroatoms. The van der Waals surface area contributed by atoms with Gasteiger partial charge >= 0.3 is 6.09 Å². The SMILES string of the molecule is CC(C)(C(=O)N1CCN(C(=O)O)CC1)c1ccc(N)cc1. The predicted octanol–water partition coefficient (Wildman–Crippen LogP) is 1.37. The highest BCUT2D eigenvalue weighted by atomic mass is 16.4. The molecule has 1 fully saturated rings. The minimum atomic E-state index is -0.931. The van der Waals surface area contributed by atoms with Crippen LogP contribution in [0.1, 0.15) is 19.4 Å². The number of carbonyl (C=O) groups is 2. The topological polar surface area (TPSA) is 86.9 Å². The molecule has 2 amide bonds. The molecule has 3 N–H and O–H groups in total. The second kappa shape index (κ2) is 5.63. The van der Waals surface area contributed by atoms with Crippen LogP contribution in [0.5, 0.6) is 0 Å². The molecule has 21 heavy (non-hydrogen) atoms. The molecule has 0 atom stereocenters. The van der Waals surface area contributed by atoms with Crippen molar-refractivity contribution < 1.29 is 14.7 Å². The molecule has 0 spiro atoms. The van der Waals surface area contributed by atoms with E-state index in [-0.39, 0.29) is 5.91 Å². The number of carboxylic acid groups (broad SMARTS) is 1. The van der Waals surface area contributed by atoms with Gasteiger partial charge in [-0.3, -0.25) is 4.79 Å². The quantitative estimate of drug-likeness (QED) is 0.806. The fraction of sp³-hybridized carbons (Fsp3) is 0.467. The molecule has 1 aliphatic rings. The van der Waals surface area contributed by atoms with E-state index in [1.54, 1.807) is 17.0 Å². The van der Waals surface area contributed by atoms with Crippen molar-refractivity contribution in [3.05, 3.63) is 29.8 Å². The lowest BCUT2D eigenvalue weighted by atomic mass is 9.83. The Morgan fingerprint density at radius 1 is 1.05 bits per heavy atom. The lowest BCUT2D eigenvalue weighted by molar-refractivity contribution is -0.137. The number of rotatable bonds is 2. The highest BCUT2D eigenvalue weighted by Gasteiger charge is 2.35. The minimum Gasteiger partial charge on any atom is -0.465 e. The third kappa shape index (κ3) is 3.09. The highest BCUT2D eigenvalue weighted by Crippen LogP contribution is 2.27. The number of nitrogens with two attached hydrogens (primary N) is 1. The number of carbonyl (C=O) groups excluding carboxylic acids is 1. The van der Waals surface area contributed by atoms with E-state index in [0.717, 1.165) is 5.56 Å². The highest BCUT2D eigenvalue weighted by molar-refractivity contribution is 5.87. The van der Waals surface area contributed by atoms with E-state index in [2.05, 4.69) is 0 Å². The summed E-state index contributed by atoms with van der Waals surface area (Å²) in [4.78, 5) is 26.7. The first kappa shape index (κ1) is 15.2. The van der Waals surface area contributed by atoms with Gasteiger partial charge in [0.25, 0.3) is 0 Å². The van der Waals surface area contributed by atoms with E-state index >= 15 is 0 Å². The van der Waals surface area contributed by atoms with E-state index in [1.165, 1.54) is 4.90 Å². The number of benzene rings is 1. The first-order valence-corrected chi connectivity index (χ1v) is 6.95. The van der Waals surface area contributed by atoms with Gasteiger partial charge in [0.15, 0.2) is 0 Å². The summed E-state index contributed by atoms with van der Waals surface area (Å²) < 4.78 is 0. The number of anilines is 1. The van der Waals surface area contributed by atoms with Crippen LogP contribution in [0, 0.1) is 0 Å². The van der Waals surface area contributed by atoms with Crippen LogP contribution in [0.25, 0.3) is 0 Å². The smallest absolute Gasteiger partial charge is 0.407 e. The van der Waals surface area contributed by atoms with Crippen LogP contribution >= 0.6 is 0 Å². The van der Waals surface area contributed by atoms with Gasteiger partial charge in [0, 0.05) is 31.9 Å². The van der Waals surface area contributed by atoms with Crippen molar-refractivity contribution in [3.63, 3.8) is 0 Å². The zero-order valence-corrected chi connectivity index (χ0v) is 12.4. The Labute approximate surface area is 124 Å². The molecule has 6 nitrogen and oxygen atoms in total. The molecular weight excluding hydrogens is 270 g/mol. The number of hydrogen-bond donors (Lipinski definition) is 2. The van der Waals surface area contributed by atoms with Gasteiger partial charge in [-0.2, -0.15) is 0 Å². The van der Waals surface area contributed by atoms with Gasteiger partial charge in [-0.05, 0) is 31.5 Å². The van der Waals surface area contributed by atoms with Crippen molar-refractivity contribution in [2.75, 3.05) is 31.9 Å². The van der Waals surface area contributed by atoms with E-state index < -0.39 is 11.5 Å². The fourth-order valence-corrected chi connectivity index (χ4v) is 2.52. The molecule has 1 aliphatic heterocycles. The number of amides is 2. The average molecular weight is 291 g/mol. The Kier molecular flexibility index (Phi) is 4.06. The maximum atomic E-state index is 12.7. The minimum absolute atomic E-state index is 0.0114. The summed E-state index contributed by atoms with van der Waals surface area (Å²) in [7, 11) is 0. The van der Waals surface area contributed by atoms with Crippen LogP contribution in [0.15, 0.2) is 24.3 Å². The van der Waals surface area contributed by atoms with Gasteiger partial charge in [-0.25, -0.2) is 4.79 Å². The van der Waals surface area contributed by atoms with Gasteiger partial charge in [-0.15, -0.1) is 0 Å². The van der Waals surface area contributed by atoms with E-state index in [4.69, 9.17) is 10.8 Å². The Morgan fingerprint density at radius 2 is 1.52 bits per heavy atom. The third-order valence-corrected chi connectivity index (χ3v) is 4.00. The number of nitrogens with zero attached hydrogens (tertiary/aromatic N) is 2. The Balaban J connectivity index is 2.09. The molecule has 1 heterocycles. The Morgan fingerprint density at radius 3 is 2.00 bits per heavy atom. The summed E-state index contributed by atoms with van der Waals surface area (Å²) in [6.07, 6.45) is -0.931.